The highest BCUT2D eigenvalue weighted by Crippen LogP contribution is 2.32. The minimum Gasteiger partial charge on any atom is -0.337 e. The second kappa shape index (κ2) is 6.82. The number of hydrogen-bond donors (Lipinski definition) is 1. The molecule has 0 aliphatic carbocycles. The summed E-state index contributed by atoms with van der Waals surface area (Å²) in [5, 5.41) is 2.86. The first-order valence-electron chi connectivity index (χ1n) is 9.19. The van der Waals surface area contributed by atoms with Crippen molar-refractivity contribution in [2.24, 2.45) is 5.92 Å². The van der Waals surface area contributed by atoms with Gasteiger partial charge in [0.25, 0.3) is 0 Å². The Morgan fingerprint density at radius 2 is 1.96 bits per heavy atom. The Hall–Kier alpha value is -2.09. The van der Waals surface area contributed by atoms with Crippen LogP contribution < -0.4 is 9.62 Å². The molecule has 1 atom stereocenters. The maximum atomic E-state index is 12.7. The van der Waals surface area contributed by atoms with Crippen LogP contribution >= 0.6 is 0 Å². The number of rotatable bonds is 3. The second-order valence-corrected chi connectivity index (χ2v) is 10.3. The summed E-state index contributed by atoms with van der Waals surface area (Å²) in [6.07, 6.45) is 2.98. The molecule has 27 heavy (non-hydrogen) atoms. The Bertz CT molecular complexity index is 873. The van der Waals surface area contributed by atoms with Gasteiger partial charge in [-0.15, -0.1) is 0 Å². The normalized spacial score (nSPS) is 20.6. The molecular weight excluding hydrogens is 366 g/mol. The van der Waals surface area contributed by atoms with Crippen LogP contribution in [0.15, 0.2) is 18.2 Å². The van der Waals surface area contributed by atoms with Gasteiger partial charge in [0.2, 0.25) is 21.8 Å². The zero-order valence-electron chi connectivity index (χ0n) is 16.3. The number of fused-ring (bicyclic) bond motifs is 1. The zero-order valence-corrected chi connectivity index (χ0v) is 17.1. The van der Waals surface area contributed by atoms with E-state index in [1.54, 1.807) is 17.0 Å². The molecule has 1 N–H and O–H groups in total. The summed E-state index contributed by atoms with van der Waals surface area (Å²) in [4.78, 5) is 26.6. The van der Waals surface area contributed by atoms with Gasteiger partial charge in [0.15, 0.2) is 0 Å². The summed E-state index contributed by atoms with van der Waals surface area (Å²) < 4.78 is 25.5. The molecule has 0 spiro atoms. The molecular formula is C19H27N3O4S. The highest BCUT2D eigenvalue weighted by atomic mass is 32.2. The average Bonchev–Trinajstić information content (AvgIpc) is 2.95. The molecule has 8 heteroatoms. The summed E-state index contributed by atoms with van der Waals surface area (Å²) in [7, 11) is -3.36. The van der Waals surface area contributed by atoms with Gasteiger partial charge in [-0.25, -0.2) is 8.42 Å². The summed E-state index contributed by atoms with van der Waals surface area (Å²) in [6.45, 7) is 6.70. The Morgan fingerprint density at radius 3 is 2.56 bits per heavy atom. The first-order chi connectivity index (χ1) is 12.5. The van der Waals surface area contributed by atoms with Crippen LogP contribution in [0.3, 0.4) is 0 Å². The van der Waals surface area contributed by atoms with Crippen molar-refractivity contribution in [3.05, 3.63) is 23.8 Å². The number of anilines is 2. The van der Waals surface area contributed by atoms with Gasteiger partial charge in [0, 0.05) is 30.7 Å². The van der Waals surface area contributed by atoms with Gasteiger partial charge in [-0.1, -0.05) is 6.07 Å². The van der Waals surface area contributed by atoms with Crippen molar-refractivity contribution in [3.8, 4) is 0 Å². The van der Waals surface area contributed by atoms with E-state index in [-0.39, 0.29) is 23.8 Å². The van der Waals surface area contributed by atoms with Gasteiger partial charge in [0.1, 0.15) is 0 Å². The van der Waals surface area contributed by atoms with Crippen LogP contribution in [0.25, 0.3) is 0 Å². The molecule has 2 heterocycles. The third-order valence-electron chi connectivity index (χ3n) is 5.13. The third kappa shape index (κ3) is 4.10. The van der Waals surface area contributed by atoms with Gasteiger partial charge in [-0.2, -0.15) is 0 Å². The quantitative estimate of drug-likeness (QED) is 0.851. The highest BCUT2D eigenvalue weighted by Gasteiger charge is 2.39. The van der Waals surface area contributed by atoms with Crippen molar-refractivity contribution >= 4 is 33.2 Å². The van der Waals surface area contributed by atoms with Crippen molar-refractivity contribution in [1.82, 2.24) is 4.90 Å². The first kappa shape index (κ1) is 19.7. The zero-order chi connectivity index (χ0) is 20.0. The standard InChI is InChI=1S/C19H27N3O4S/c1-19(2,3)21-12-14(10-17(21)23)18(24)20-15-8-7-13-6-5-9-22(16(13)11-15)27(4,25)26/h7-8,11,14H,5-6,9-10,12H2,1-4H3,(H,20,24). The van der Waals surface area contributed by atoms with Crippen LogP contribution in [0.4, 0.5) is 11.4 Å². The molecule has 1 unspecified atom stereocenters. The molecule has 1 saturated heterocycles. The monoisotopic (exact) mass is 393 g/mol. The Morgan fingerprint density at radius 1 is 1.26 bits per heavy atom. The molecule has 1 aromatic carbocycles. The topological polar surface area (TPSA) is 86.8 Å². The van der Waals surface area contributed by atoms with Crippen molar-refractivity contribution in [2.45, 2.75) is 45.6 Å². The SMILES string of the molecule is CC(C)(C)N1CC(C(=O)Nc2ccc3c(c2)N(S(C)(=O)=O)CCC3)CC1=O. The first-order valence-corrected chi connectivity index (χ1v) is 11.0. The molecule has 2 aliphatic heterocycles. The number of hydrogen-bond acceptors (Lipinski definition) is 4. The lowest BCUT2D eigenvalue weighted by atomic mass is 10.0. The summed E-state index contributed by atoms with van der Waals surface area (Å²) in [5.41, 5.74) is 1.82. The molecule has 0 aromatic heterocycles. The number of sulfonamides is 1. The maximum absolute atomic E-state index is 12.7. The lowest BCUT2D eigenvalue weighted by Gasteiger charge is -2.32. The summed E-state index contributed by atoms with van der Waals surface area (Å²) in [6, 6.07) is 5.37. The molecule has 1 fully saturated rings. The van der Waals surface area contributed by atoms with Crippen molar-refractivity contribution in [1.29, 1.82) is 0 Å². The number of nitrogens with zero attached hydrogens (tertiary/aromatic N) is 2. The van der Waals surface area contributed by atoms with E-state index >= 15 is 0 Å². The highest BCUT2D eigenvalue weighted by molar-refractivity contribution is 7.92. The van der Waals surface area contributed by atoms with Crippen LogP contribution in [0, 0.1) is 5.92 Å². The molecule has 0 radical (unpaired) electrons. The molecule has 2 amide bonds. The largest absolute Gasteiger partial charge is 0.337 e. The van der Waals surface area contributed by atoms with E-state index < -0.39 is 15.9 Å². The van der Waals surface area contributed by atoms with E-state index in [1.807, 2.05) is 26.8 Å². The van der Waals surface area contributed by atoms with E-state index in [4.69, 9.17) is 0 Å². The van der Waals surface area contributed by atoms with Crippen LogP contribution in [0.2, 0.25) is 0 Å². The van der Waals surface area contributed by atoms with Gasteiger partial charge in [-0.05, 0) is 51.3 Å². The van der Waals surface area contributed by atoms with Gasteiger partial charge in [-0.3, -0.25) is 13.9 Å². The molecule has 0 saturated carbocycles. The Balaban J connectivity index is 1.77. The number of likely N-dealkylation sites (tertiary alicyclic amines) is 1. The minimum atomic E-state index is -3.36. The fraction of sp³-hybridized carbons (Fsp3) is 0.579. The predicted molar refractivity (Wildman–Crippen MR) is 105 cm³/mol. The number of aryl methyl sites for hydroxylation is 1. The second-order valence-electron chi connectivity index (χ2n) is 8.35. The van der Waals surface area contributed by atoms with Crippen molar-refractivity contribution in [3.63, 3.8) is 0 Å². The van der Waals surface area contributed by atoms with E-state index in [2.05, 4.69) is 5.32 Å². The molecule has 7 nitrogen and oxygen atoms in total. The number of carbonyl (C=O) groups excluding carboxylic acids is 2. The van der Waals surface area contributed by atoms with Crippen molar-refractivity contribution < 1.29 is 18.0 Å². The van der Waals surface area contributed by atoms with Crippen LogP contribution in [0.1, 0.15) is 39.2 Å². The van der Waals surface area contributed by atoms with Crippen LogP contribution in [0.5, 0.6) is 0 Å². The van der Waals surface area contributed by atoms with E-state index in [1.165, 1.54) is 10.6 Å². The number of carbonyl (C=O) groups is 2. The number of benzene rings is 1. The predicted octanol–water partition coefficient (Wildman–Crippen LogP) is 1.98. The lowest BCUT2D eigenvalue weighted by molar-refractivity contribution is -0.131. The Labute approximate surface area is 160 Å². The van der Waals surface area contributed by atoms with E-state index in [0.717, 1.165) is 18.4 Å². The Kier molecular flexibility index (Phi) is 4.96. The average molecular weight is 394 g/mol. The van der Waals surface area contributed by atoms with Gasteiger partial charge < -0.3 is 10.2 Å². The van der Waals surface area contributed by atoms with Gasteiger partial charge in [0.05, 0.1) is 17.9 Å². The third-order valence-corrected chi connectivity index (χ3v) is 6.31. The number of nitrogens with one attached hydrogen (secondary N) is 1. The van der Waals surface area contributed by atoms with E-state index in [0.29, 0.717) is 24.5 Å². The van der Waals surface area contributed by atoms with Crippen molar-refractivity contribution in [2.75, 3.05) is 29.0 Å². The fourth-order valence-corrected chi connectivity index (χ4v) is 4.73. The summed E-state index contributed by atoms with van der Waals surface area (Å²) in [5.74, 6) is -0.633. The lowest BCUT2D eigenvalue weighted by Crippen LogP contribution is -2.42. The van der Waals surface area contributed by atoms with Crippen LogP contribution in [-0.4, -0.2) is 50.0 Å². The minimum absolute atomic E-state index is 0.0173. The van der Waals surface area contributed by atoms with Crippen LogP contribution in [-0.2, 0) is 26.0 Å². The molecule has 1 aromatic rings. The molecule has 3 rings (SSSR count). The molecule has 0 bridgehead atoms. The number of amides is 2. The fourth-order valence-electron chi connectivity index (χ4n) is 3.74. The molecule has 148 valence electrons. The van der Waals surface area contributed by atoms with Gasteiger partial charge >= 0.3 is 0 Å². The smallest absolute Gasteiger partial charge is 0.232 e. The molecule has 2 aliphatic rings. The maximum Gasteiger partial charge on any atom is 0.232 e. The van der Waals surface area contributed by atoms with E-state index in [9.17, 15) is 18.0 Å². The summed E-state index contributed by atoms with van der Waals surface area (Å²) >= 11 is 0.